The first-order valence-electron chi connectivity index (χ1n) is 7.41. The third-order valence-corrected chi connectivity index (χ3v) is 4.08. The SMILES string of the molecule is COc1cccc(C(O)CN2CCCC2CCCO)c1. The number of aliphatic hydroxyl groups is 2. The van der Waals surface area contributed by atoms with Crippen molar-refractivity contribution in [2.45, 2.75) is 37.8 Å². The van der Waals surface area contributed by atoms with E-state index in [2.05, 4.69) is 4.90 Å². The van der Waals surface area contributed by atoms with Crippen LogP contribution in [0.3, 0.4) is 0 Å². The van der Waals surface area contributed by atoms with Gasteiger partial charge in [0.25, 0.3) is 0 Å². The summed E-state index contributed by atoms with van der Waals surface area (Å²) in [7, 11) is 1.64. The van der Waals surface area contributed by atoms with Gasteiger partial charge in [-0.1, -0.05) is 12.1 Å². The van der Waals surface area contributed by atoms with Crippen molar-refractivity contribution < 1.29 is 14.9 Å². The Bertz CT molecular complexity index is 410. The fourth-order valence-electron chi connectivity index (χ4n) is 2.97. The standard InChI is InChI=1S/C16H25NO3/c1-20-15-8-2-5-13(11-15)16(19)12-17-9-3-6-14(17)7-4-10-18/h2,5,8,11,14,16,18-19H,3-4,6-7,9-10,12H2,1H3. The summed E-state index contributed by atoms with van der Waals surface area (Å²) in [6.07, 6.45) is 3.73. The summed E-state index contributed by atoms with van der Waals surface area (Å²) in [5.74, 6) is 0.778. The first-order chi connectivity index (χ1) is 9.74. The number of benzene rings is 1. The number of rotatable bonds is 7. The van der Waals surface area contributed by atoms with Crippen molar-refractivity contribution in [1.29, 1.82) is 0 Å². The van der Waals surface area contributed by atoms with Crippen LogP contribution in [0.4, 0.5) is 0 Å². The maximum absolute atomic E-state index is 10.4. The van der Waals surface area contributed by atoms with Crippen LogP contribution in [-0.4, -0.2) is 48.0 Å². The number of hydrogen-bond donors (Lipinski definition) is 2. The van der Waals surface area contributed by atoms with Crippen LogP contribution < -0.4 is 4.74 Å². The molecule has 2 rings (SSSR count). The molecule has 1 aromatic rings. The van der Waals surface area contributed by atoms with E-state index in [1.165, 1.54) is 12.8 Å². The molecule has 0 radical (unpaired) electrons. The van der Waals surface area contributed by atoms with Crippen LogP contribution in [0.5, 0.6) is 5.75 Å². The number of β-amino-alcohol motifs (C(OH)–C–C–N with tert-alkyl or cyclic N) is 1. The Hall–Kier alpha value is -1.10. The first-order valence-corrected chi connectivity index (χ1v) is 7.41. The lowest BCUT2D eigenvalue weighted by molar-refractivity contribution is 0.101. The number of aliphatic hydroxyl groups excluding tert-OH is 2. The van der Waals surface area contributed by atoms with E-state index in [9.17, 15) is 5.11 Å². The van der Waals surface area contributed by atoms with E-state index in [0.29, 0.717) is 12.6 Å². The van der Waals surface area contributed by atoms with Crippen molar-refractivity contribution in [3.05, 3.63) is 29.8 Å². The third kappa shape index (κ3) is 3.95. The minimum atomic E-state index is -0.486. The molecule has 0 aliphatic carbocycles. The highest BCUT2D eigenvalue weighted by Crippen LogP contribution is 2.26. The van der Waals surface area contributed by atoms with E-state index < -0.39 is 6.10 Å². The molecule has 1 aromatic carbocycles. The van der Waals surface area contributed by atoms with E-state index in [1.54, 1.807) is 7.11 Å². The number of hydrogen-bond acceptors (Lipinski definition) is 4. The fraction of sp³-hybridized carbons (Fsp3) is 0.625. The monoisotopic (exact) mass is 279 g/mol. The van der Waals surface area contributed by atoms with E-state index in [4.69, 9.17) is 9.84 Å². The molecule has 20 heavy (non-hydrogen) atoms. The van der Waals surface area contributed by atoms with Gasteiger partial charge in [0.1, 0.15) is 5.75 Å². The second-order valence-electron chi connectivity index (χ2n) is 5.45. The fourth-order valence-corrected chi connectivity index (χ4v) is 2.97. The molecule has 2 atom stereocenters. The summed E-state index contributed by atoms with van der Waals surface area (Å²) >= 11 is 0. The topological polar surface area (TPSA) is 52.9 Å². The predicted octanol–water partition coefficient (Wildman–Crippen LogP) is 1.97. The summed E-state index contributed by atoms with van der Waals surface area (Å²) in [6, 6.07) is 8.12. The smallest absolute Gasteiger partial charge is 0.119 e. The van der Waals surface area contributed by atoms with E-state index in [-0.39, 0.29) is 6.61 Å². The van der Waals surface area contributed by atoms with Gasteiger partial charge >= 0.3 is 0 Å². The maximum atomic E-state index is 10.4. The molecule has 0 spiro atoms. The lowest BCUT2D eigenvalue weighted by Crippen LogP contribution is -2.33. The van der Waals surface area contributed by atoms with Gasteiger partial charge in [-0.15, -0.1) is 0 Å². The van der Waals surface area contributed by atoms with E-state index in [0.717, 1.165) is 30.7 Å². The third-order valence-electron chi connectivity index (χ3n) is 4.08. The van der Waals surface area contributed by atoms with Gasteiger partial charge in [0, 0.05) is 19.2 Å². The van der Waals surface area contributed by atoms with E-state index >= 15 is 0 Å². The number of ether oxygens (including phenoxy) is 1. The molecule has 112 valence electrons. The summed E-state index contributed by atoms with van der Waals surface area (Å²) in [5.41, 5.74) is 0.900. The molecule has 1 heterocycles. The minimum Gasteiger partial charge on any atom is -0.497 e. The molecule has 4 nitrogen and oxygen atoms in total. The molecule has 1 saturated heterocycles. The van der Waals surface area contributed by atoms with Crippen LogP contribution >= 0.6 is 0 Å². The lowest BCUT2D eigenvalue weighted by Gasteiger charge is -2.27. The van der Waals surface area contributed by atoms with Crippen LogP contribution in [0, 0.1) is 0 Å². The van der Waals surface area contributed by atoms with Gasteiger partial charge < -0.3 is 14.9 Å². The second-order valence-corrected chi connectivity index (χ2v) is 5.45. The maximum Gasteiger partial charge on any atom is 0.119 e. The van der Waals surface area contributed by atoms with Crippen molar-refractivity contribution in [2.75, 3.05) is 26.8 Å². The zero-order chi connectivity index (χ0) is 14.4. The van der Waals surface area contributed by atoms with Crippen molar-refractivity contribution in [3.8, 4) is 5.75 Å². The Kier molecular flexibility index (Phi) is 5.83. The van der Waals surface area contributed by atoms with Gasteiger partial charge in [0.05, 0.1) is 13.2 Å². The molecule has 0 aromatic heterocycles. The highest BCUT2D eigenvalue weighted by molar-refractivity contribution is 5.29. The number of likely N-dealkylation sites (tertiary alicyclic amines) is 1. The van der Waals surface area contributed by atoms with Gasteiger partial charge in [0.2, 0.25) is 0 Å². The van der Waals surface area contributed by atoms with Crippen molar-refractivity contribution in [3.63, 3.8) is 0 Å². The van der Waals surface area contributed by atoms with Gasteiger partial charge in [-0.25, -0.2) is 0 Å². The van der Waals surface area contributed by atoms with Gasteiger partial charge in [-0.2, -0.15) is 0 Å². The van der Waals surface area contributed by atoms with Crippen molar-refractivity contribution in [1.82, 2.24) is 4.90 Å². The Morgan fingerprint density at radius 1 is 1.45 bits per heavy atom. The summed E-state index contributed by atoms with van der Waals surface area (Å²) < 4.78 is 5.20. The summed E-state index contributed by atoms with van der Waals surface area (Å²) in [5, 5.41) is 19.3. The second kappa shape index (κ2) is 7.62. The molecule has 4 heteroatoms. The lowest BCUT2D eigenvalue weighted by atomic mass is 10.1. The Balaban J connectivity index is 1.94. The molecule has 0 bridgehead atoms. The highest BCUT2D eigenvalue weighted by Gasteiger charge is 2.26. The summed E-state index contributed by atoms with van der Waals surface area (Å²) in [4.78, 5) is 2.35. The quantitative estimate of drug-likeness (QED) is 0.801. The summed E-state index contributed by atoms with van der Waals surface area (Å²) in [6.45, 7) is 1.95. The van der Waals surface area contributed by atoms with Crippen LogP contribution in [0.25, 0.3) is 0 Å². The molecule has 2 unspecified atom stereocenters. The Morgan fingerprint density at radius 3 is 3.05 bits per heavy atom. The normalized spacial score (nSPS) is 21.1. The molecule has 2 N–H and O–H groups in total. The van der Waals surface area contributed by atoms with Crippen LogP contribution in [-0.2, 0) is 0 Å². The van der Waals surface area contributed by atoms with Crippen molar-refractivity contribution >= 4 is 0 Å². The average Bonchev–Trinajstić information content (AvgIpc) is 2.92. The number of nitrogens with zero attached hydrogens (tertiary/aromatic N) is 1. The minimum absolute atomic E-state index is 0.253. The average molecular weight is 279 g/mol. The van der Waals surface area contributed by atoms with Gasteiger partial charge in [-0.05, 0) is 49.9 Å². The zero-order valence-corrected chi connectivity index (χ0v) is 12.2. The highest BCUT2D eigenvalue weighted by atomic mass is 16.5. The largest absolute Gasteiger partial charge is 0.497 e. The molecule has 0 amide bonds. The van der Waals surface area contributed by atoms with E-state index in [1.807, 2.05) is 24.3 Å². The molecule has 1 fully saturated rings. The molecule has 0 saturated carbocycles. The zero-order valence-electron chi connectivity index (χ0n) is 12.2. The Morgan fingerprint density at radius 2 is 2.30 bits per heavy atom. The van der Waals surface area contributed by atoms with Crippen LogP contribution in [0.2, 0.25) is 0 Å². The van der Waals surface area contributed by atoms with Crippen LogP contribution in [0.1, 0.15) is 37.4 Å². The van der Waals surface area contributed by atoms with Crippen molar-refractivity contribution in [2.24, 2.45) is 0 Å². The Labute approximate surface area is 121 Å². The predicted molar refractivity (Wildman–Crippen MR) is 78.9 cm³/mol. The first kappa shape index (κ1) is 15.3. The van der Waals surface area contributed by atoms with Gasteiger partial charge in [0.15, 0.2) is 0 Å². The van der Waals surface area contributed by atoms with Crippen LogP contribution in [0.15, 0.2) is 24.3 Å². The molecule has 1 aliphatic heterocycles. The molecular weight excluding hydrogens is 254 g/mol. The molecule has 1 aliphatic rings. The van der Waals surface area contributed by atoms with Gasteiger partial charge in [-0.3, -0.25) is 4.90 Å². The molecular formula is C16H25NO3. The number of methoxy groups -OCH3 is 1.